The number of hydrogen-bond donors (Lipinski definition) is 1. The molecule has 0 aromatic heterocycles. The molecule has 1 fully saturated rings. The van der Waals surface area contributed by atoms with Crippen LogP contribution in [0.25, 0.3) is 0 Å². The monoisotopic (exact) mass is 279 g/mol. The molecule has 1 saturated heterocycles. The van der Waals surface area contributed by atoms with Crippen LogP contribution in [0.15, 0.2) is 12.1 Å². The zero-order chi connectivity index (χ0) is 11.5. The Morgan fingerprint density at radius 2 is 1.81 bits per heavy atom. The van der Waals surface area contributed by atoms with Crippen LogP contribution in [0, 0.1) is 5.92 Å². The van der Waals surface area contributed by atoms with E-state index in [4.69, 9.17) is 39.5 Å². The van der Waals surface area contributed by atoms with Gasteiger partial charge in [-0.1, -0.05) is 34.8 Å². The topological polar surface area (TPSA) is 21.3 Å². The van der Waals surface area contributed by atoms with Gasteiger partial charge in [0.05, 0.1) is 21.7 Å². The predicted molar refractivity (Wildman–Crippen MR) is 67.9 cm³/mol. The Bertz CT molecular complexity index is 380. The van der Waals surface area contributed by atoms with E-state index in [0.29, 0.717) is 27.4 Å². The average molecular weight is 281 g/mol. The highest BCUT2D eigenvalue weighted by atomic mass is 35.5. The molecule has 0 saturated carbocycles. The molecule has 1 aromatic rings. The first kappa shape index (κ1) is 12.3. The maximum atomic E-state index is 5.98. The summed E-state index contributed by atoms with van der Waals surface area (Å²) in [6.45, 7) is 2.82. The second kappa shape index (κ2) is 5.46. The van der Waals surface area contributed by atoms with Crippen molar-refractivity contribution < 1.29 is 4.74 Å². The van der Waals surface area contributed by atoms with Crippen molar-refractivity contribution in [2.45, 2.75) is 6.42 Å². The summed E-state index contributed by atoms with van der Waals surface area (Å²) in [7, 11) is 0. The second-order valence-electron chi connectivity index (χ2n) is 3.86. The van der Waals surface area contributed by atoms with Crippen LogP contribution in [0.3, 0.4) is 0 Å². The lowest BCUT2D eigenvalue weighted by Crippen LogP contribution is -2.42. The van der Waals surface area contributed by atoms with Crippen molar-refractivity contribution in [1.29, 1.82) is 0 Å². The summed E-state index contributed by atoms with van der Waals surface area (Å²) in [5.74, 6) is 1.32. The van der Waals surface area contributed by atoms with Crippen LogP contribution in [0.4, 0.5) is 0 Å². The second-order valence-corrected chi connectivity index (χ2v) is 5.08. The van der Waals surface area contributed by atoms with E-state index >= 15 is 0 Å². The first-order valence-electron chi connectivity index (χ1n) is 5.15. The standard InChI is InChI=1S/C11H12Cl3NO/c12-8-3-10(14)11(4-9(8)13)16-2-1-7-5-15-6-7/h3-4,7,15H,1-2,5-6H2. The Balaban J connectivity index is 1.90. The minimum atomic E-state index is 0.446. The molecule has 0 aliphatic carbocycles. The number of nitrogens with one attached hydrogen (secondary N) is 1. The molecule has 1 aliphatic heterocycles. The first-order valence-corrected chi connectivity index (χ1v) is 6.28. The molecular weight excluding hydrogens is 268 g/mol. The number of rotatable bonds is 4. The molecular formula is C11H12Cl3NO. The van der Waals surface area contributed by atoms with Gasteiger partial charge in [0.15, 0.2) is 0 Å². The maximum Gasteiger partial charge on any atom is 0.139 e. The normalized spacial score (nSPS) is 15.9. The molecule has 0 unspecified atom stereocenters. The minimum Gasteiger partial charge on any atom is -0.492 e. The van der Waals surface area contributed by atoms with E-state index in [1.165, 1.54) is 0 Å². The van der Waals surface area contributed by atoms with Crippen LogP contribution in [0.5, 0.6) is 5.75 Å². The highest BCUT2D eigenvalue weighted by Gasteiger charge is 2.16. The Labute approximate surface area is 110 Å². The predicted octanol–water partition coefficient (Wildman–Crippen LogP) is 3.64. The zero-order valence-electron chi connectivity index (χ0n) is 8.60. The summed E-state index contributed by atoms with van der Waals surface area (Å²) in [5, 5.41) is 4.63. The molecule has 1 N–H and O–H groups in total. The average Bonchev–Trinajstić information content (AvgIpc) is 2.17. The molecule has 0 radical (unpaired) electrons. The molecule has 1 heterocycles. The summed E-state index contributed by atoms with van der Waals surface area (Å²) in [6.07, 6.45) is 1.03. The number of hydrogen-bond acceptors (Lipinski definition) is 2. The van der Waals surface area contributed by atoms with Crippen LogP contribution in [0.1, 0.15) is 6.42 Å². The summed E-state index contributed by atoms with van der Waals surface area (Å²) in [5.41, 5.74) is 0. The lowest BCUT2D eigenvalue weighted by Gasteiger charge is -2.26. The van der Waals surface area contributed by atoms with Gasteiger partial charge < -0.3 is 10.1 Å². The summed E-state index contributed by atoms with van der Waals surface area (Å²) >= 11 is 17.7. The molecule has 0 bridgehead atoms. The molecule has 0 amide bonds. The number of benzene rings is 1. The van der Waals surface area contributed by atoms with Crippen LogP contribution in [-0.4, -0.2) is 19.7 Å². The van der Waals surface area contributed by atoms with E-state index in [1.807, 2.05) is 0 Å². The van der Waals surface area contributed by atoms with Gasteiger partial charge in [-0.25, -0.2) is 0 Å². The van der Waals surface area contributed by atoms with Crippen molar-refractivity contribution in [2.75, 3.05) is 19.7 Å². The number of ether oxygens (including phenoxy) is 1. The quantitative estimate of drug-likeness (QED) is 0.850. The fourth-order valence-corrected chi connectivity index (χ4v) is 2.09. The molecule has 2 rings (SSSR count). The largest absolute Gasteiger partial charge is 0.492 e. The highest BCUT2D eigenvalue weighted by Crippen LogP contribution is 2.33. The molecule has 88 valence electrons. The lowest BCUT2D eigenvalue weighted by atomic mass is 10.0. The first-order chi connectivity index (χ1) is 7.66. The Morgan fingerprint density at radius 3 is 2.44 bits per heavy atom. The van der Waals surface area contributed by atoms with Crippen molar-refractivity contribution >= 4 is 34.8 Å². The smallest absolute Gasteiger partial charge is 0.139 e. The van der Waals surface area contributed by atoms with E-state index in [9.17, 15) is 0 Å². The van der Waals surface area contributed by atoms with Gasteiger partial charge in [-0.15, -0.1) is 0 Å². The maximum absolute atomic E-state index is 5.98. The Morgan fingerprint density at radius 1 is 1.12 bits per heavy atom. The van der Waals surface area contributed by atoms with Crippen molar-refractivity contribution in [1.82, 2.24) is 5.32 Å². The molecule has 1 aliphatic rings. The Kier molecular flexibility index (Phi) is 4.20. The van der Waals surface area contributed by atoms with Gasteiger partial charge >= 0.3 is 0 Å². The fraction of sp³-hybridized carbons (Fsp3) is 0.455. The van der Waals surface area contributed by atoms with Gasteiger partial charge in [-0.3, -0.25) is 0 Å². The summed E-state index contributed by atoms with van der Waals surface area (Å²) < 4.78 is 5.58. The summed E-state index contributed by atoms with van der Waals surface area (Å²) in [4.78, 5) is 0. The van der Waals surface area contributed by atoms with Crippen LogP contribution < -0.4 is 10.1 Å². The lowest BCUT2D eigenvalue weighted by molar-refractivity contribution is 0.238. The van der Waals surface area contributed by atoms with E-state index < -0.39 is 0 Å². The third-order valence-electron chi connectivity index (χ3n) is 2.62. The molecule has 5 heteroatoms. The molecule has 16 heavy (non-hydrogen) atoms. The van der Waals surface area contributed by atoms with Crippen molar-refractivity contribution in [2.24, 2.45) is 5.92 Å². The van der Waals surface area contributed by atoms with Gasteiger partial charge in [0.25, 0.3) is 0 Å². The van der Waals surface area contributed by atoms with E-state index in [0.717, 1.165) is 25.4 Å². The SMILES string of the molecule is Clc1cc(Cl)c(OCCC2CNC2)cc1Cl. The van der Waals surface area contributed by atoms with Crippen LogP contribution >= 0.6 is 34.8 Å². The van der Waals surface area contributed by atoms with Gasteiger partial charge in [0.1, 0.15) is 5.75 Å². The van der Waals surface area contributed by atoms with E-state index in [-0.39, 0.29) is 0 Å². The number of halogens is 3. The third kappa shape index (κ3) is 2.95. The van der Waals surface area contributed by atoms with E-state index in [1.54, 1.807) is 12.1 Å². The summed E-state index contributed by atoms with van der Waals surface area (Å²) in [6, 6.07) is 3.26. The fourth-order valence-electron chi connectivity index (χ4n) is 1.50. The van der Waals surface area contributed by atoms with Gasteiger partial charge in [0, 0.05) is 6.07 Å². The molecule has 1 aromatic carbocycles. The van der Waals surface area contributed by atoms with Crippen molar-refractivity contribution in [3.05, 3.63) is 27.2 Å². The minimum absolute atomic E-state index is 0.446. The van der Waals surface area contributed by atoms with Crippen molar-refractivity contribution in [3.63, 3.8) is 0 Å². The van der Waals surface area contributed by atoms with Gasteiger partial charge in [-0.2, -0.15) is 0 Å². The van der Waals surface area contributed by atoms with Gasteiger partial charge in [0.2, 0.25) is 0 Å². The highest BCUT2D eigenvalue weighted by molar-refractivity contribution is 6.43. The van der Waals surface area contributed by atoms with Gasteiger partial charge in [-0.05, 0) is 31.5 Å². The molecule has 0 atom stereocenters. The third-order valence-corrected chi connectivity index (χ3v) is 3.64. The van der Waals surface area contributed by atoms with E-state index in [2.05, 4.69) is 5.32 Å². The zero-order valence-corrected chi connectivity index (χ0v) is 10.9. The molecule has 2 nitrogen and oxygen atoms in total. The van der Waals surface area contributed by atoms with Crippen molar-refractivity contribution in [3.8, 4) is 5.75 Å². The molecule has 0 spiro atoms. The van der Waals surface area contributed by atoms with Crippen LogP contribution in [-0.2, 0) is 0 Å². The van der Waals surface area contributed by atoms with Crippen LogP contribution in [0.2, 0.25) is 15.1 Å². The Hall–Kier alpha value is -0.150.